The number of amides is 2. The molecule has 0 saturated carbocycles. The largest absolute Gasteiger partial charge is 0.351 e. The summed E-state index contributed by atoms with van der Waals surface area (Å²) in [6.45, 7) is 4.93. The van der Waals surface area contributed by atoms with Gasteiger partial charge in [-0.2, -0.15) is 0 Å². The van der Waals surface area contributed by atoms with Crippen molar-refractivity contribution in [3.05, 3.63) is 65.9 Å². The van der Waals surface area contributed by atoms with Crippen molar-refractivity contribution >= 4 is 34.2 Å². The Kier molecular flexibility index (Phi) is 6.13. The molecule has 0 radical (unpaired) electrons. The first-order valence-corrected chi connectivity index (χ1v) is 10.5. The lowest BCUT2D eigenvalue weighted by molar-refractivity contribution is -0.116. The number of anilines is 1. The summed E-state index contributed by atoms with van der Waals surface area (Å²) in [6.07, 6.45) is 0.379. The summed E-state index contributed by atoms with van der Waals surface area (Å²) < 4.78 is 0. The number of carbonyl (C=O) groups excluding carboxylic acids is 3. The van der Waals surface area contributed by atoms with Crippen molar-refractivity contribution in [2.24, 2.45) is 0 Å². The molecular formula is C24H26N4O3. The molecule has 4 rings (SSSR count). The normalized spacial score (nSPS) is 14.5. The lowest BCUT2D eigenvalue weighted by Crippen LogP contribution is -2.49. The van der Waals surface area contributed by atoms with Gasteiger partial charge in [0.1, 0.15) is 5.69 Å². The Labute approximate surface area is 181 Å². The van der Waals surface area contributed by atoms with E-state index in [9.17, 15) is 14.4 Å². The molecule has 2 aromatic carbocycles. The molecule has 0 spiro atoms. The Morgan fingerprint density at radius 1 is 0.968 bits per heavy atom. The van der Waals surface area contributed by atoms with Gasteiger partial charge in [0.15, 0.2) is 5.78 Å². The number of hydrogen-bond donors (Lipinski definition) is 2. The van der Waals surface area contributed by atoms with E-state index in [0.717, 1.165) is 24.0 Å². The van der Waals surface area contributed by atoms with Crippen LogP contribution in [0.25, 0.3) is 10.9 Å². The number of Topliss-reactive ketones (excluding diaryl/α,β-unsaturated/α-hetero) is 1. The van der Waals surface area contributed by atoms with Crippen LogP contribution in [0.3, 0.4) is 0 Å². The van der Waals surface area contributed by atoms with Crippen LogP contribution in [-0.4, -0.2) is 65.1 Å². The van der Waals surface area contributed by atoms with Gasteiger partial charge in [0, 0.05) is 61.3 Å². The minimum absolute atomic E-state index is 0.0000381. The molecule has 2 N–H and O–H groups in total. The topological polar surface area (TPSA) is 85.5 Å². The van der Waals surface area contributed by atoms with Crippen LogP contribution in [-0.2, 0) is 4.79 Å². The molecule has 1 aliphatic rings. The number of aromatic amines is 1. The van der Waals surface area contributed by atoms with Crippen molar-refractivity contribution < 1.29 is 14.4 Å². The van der Waals surface area contributed by atoms with Crippen LogP contribution in [0, 0.1) is 0 Å². The van der Waals surface area contributed by atoms with Gasteiger partial charge in [-0.25, -0.2) is 0 Å². The molecule has 160 valence electrons. The SMILES string of the molecule is CC(=O)c1ccc(NC(=O)CCN2CCN(C(=O)c3cc4ccccc4[nH]3)CC2)cc1. The smallest absolute Gasteiger partial charge is 0.270 e. The first-order chi connectivity index (χ1) is 15.0. The van der Waals surface area contributed by atoms with E-state index in [4.69, 9.17) is 0 Å². The number of rotatable bonds is 6. The van der Waals surface area contributed by atoms with E-state index >= 15 is 0 Å². The van der Waals surface area contributed by atoms with Crippen LogP contribution in [0.1, 0.15) is 34.2 Å². The predicted octanol–water partition coefficient (Wildman–Crippen LogP) is 3.16. The summed E-state index contributed by atoms with van der Waals surface area (Å²) in [5.74, 6) is -0.0465. The zero-order chi connectivity index (χ0) is 21.8. The quantitative estimate of drug-likeness (QED) is 0.602. The molecule has 1 aliphatic heterocycles. The summed E-state index contributed by atoms with van der Waals surface area (Å²) >= 11 is 0. The Balaban J connectivity index is 1.23. The van der Waals surface area contributed by atoms with E-state index < -0.39 is 0 Å². The third-order valence-electron chi connectivity index (χ3n) is 5.65. The summed E-state index contributed by atoms with van der Waals surface area (Å²) in [7, 11) is 0. The van der Waals surface area contributed by atoms with Crippen molar-refractivity contribution in [1.82, 2.24) is 14.8 Å². The Morgan fingerprint density at radius 2 is 1.68 bits per heavy atom. The lowest BCUT2D eigenvalue weighted by atomic mass is 10.1. The van der Waals surface area contributed by atoms with Gasteiger partial charge in [0.2, 0.25) is 5.91 Å². The molecule has 31 heavy (non-hydrogen) atoms. The molecule has 7 heteroatoms. The third-order valence-corrected chi connectivity index (χ3v) is 5.65. The lowest BCUT2D eigenvalue weighted by Gasteiger charge is -2.34. The number of piperazine rings is 1. The maximum absolute atomic E-state index is 12.8. The van der Waals surface area contributed by atoms with Gasteiger partial charge in [-0.1, -0.05) is 18.2 Å². The molecule has 1 fully saturated rings. The number of ketones is 1. The maximum atomic E-state index is 12.8. The summed E-state index contributed by atoms with van der Waals surface area (Å²) in [5.41, 5.74) is 2.89. The maximum Gasteiger partial charge on any atom is 0.270 e. The number of para-hydroxylation sites is 1. The molecule has 1 aromatic heterocycles. The molecule has 7 nitrogen and oxygen atoms in total. The van der Waals surface area contributed by atoms with E-state index in [1.54, 1.807) is 24.3 Å². The minimum atomic E-state index is -0.0628. The van der Waals surface area contributed by atoms with E-state index in [2.05, 4.69) is 15.2 Å². The molecule has 1 saturated heterocycles. The van der Waals surface area contributed by atoms with Crippen molar-refractivity contribution in [1.29, 1.82) is 0 Å². The Bertz CT molecular complexity index is 1060. The van der Waals surface area contributed by atoms with Gasteiger partial charge in [0.25, 0.3) is 5.91 Å². The molecule has 2 amide bonds. The summed E-state index contributed by atoms with van der Waals surface area (Å²) in [5, 5.41) is 3.90. The minimum Gasteiger partial charge on any atom is -0.351 e. The van der Waals surface area contributed by atoms with Crippen LogP contribution in [0.5, 0.6) is 0 Å². The summed E-state index contributed by atoms with van der Waals surface area (Å²) in [6, 6.07) is 16.7. The number of hydrogen-bond acceptors (Lipinski definition) is 4. The second-order valence-corrected chi connectivity index (χ2v) is 7.84. The van der Waals surface area contributed by atoms with Gasteiger partial charge < -0.3 is 15.2 Å². The molecule has 0 aliphatic carbocycles. The van der Waals surface area contributed by atoms with Gasteiger partial charge in [-0.15, -0.1) is 0 Å². The molecule has 0 atom stereocenters. The molecular weight excluding hydrogens is 392 g/mol. The monoisotopic (exact) mass is 418 g/mol. The number of nitrogens with one attached hydrogen (secondary N) is 2. The molecule has 0 bridgehead atoms. The van der Waals surface area contributed by atoms with Crippen LogP contribution in [0.15, 0.2) is 54.6 Å². The number of benzene rings is 2. The van der Waals surface area contributed by atoms with Gasteiger partial charge in [-0.05, 0) is 43.3 Å². The average molecular weight is 418 g/mol. The first-order valence-electron chi connectivity index (χ1n) is 10.5. The van der Waals surface area contributed by atoms with Crippen molar-refractivity contribution in [2.75, 3.05) is 38.0 Å². The highest BCUT2D eigenvalue weighted by atomic mass is 16.2. The Hall–Kier alpha value is -3.45. The number of aromatic nitrogens is 1. The van der Waals surface area contributed by atoms with Gasteiger partial charge >= 0.3 is 0 Å². The second-order valence-electron chi connectivity index (χ2n) is 7.84. The fourth-order valence-corrected chi connectivity index (χ4v) is 3.80. The molecule has 3 aromatic rings. The first kappa shape index (κ1) is 20.8. The second kappa shape index (κ2) is 9.14. The zero-order valence-electron chi connectivity index (χ0n) is 17.6. The van der Waals surface area contributed by atoms with Crippen LogP contribution >= 0.6 is 0 Å². The van der Waals surface area contributed by atoms with Crippen LogP contribution < -0.4 is 5.32 Å². The predicted molar refractivity (Wildman–Crippen MR) is 120 cm³/mol. The van der Waals surface area contributed by atoms with Crippen LogP contribution in [0.2, 0.25) is 0 Å². The highest BCUT2D eigenvalue weighted by Crippen LogP contribution is 2.17. The number of carbonyl (C=O) groups is 3. The number of H-pyrrole nitrogens is 1. The number of nitrogens with zero attached hydrogens (tertiary/aromatic N) is 2. The zero-order valence-corrected chi connectivity index (χ0v) is 17.6. The summed E-state index contributed by atoms with van der Waals surface area (Å²) in [4.78, 5) is 43.6. The van der Waals surface area contributed by atoms with E-state index in [1.807, 2.05) is 35.2 Å². The standard InChI is InChI=1S/C24H26N4O3/c1-17(29)18-6-8-20(9-7-18)25-23(30)10-11-27-12-14-28(15-13-27)24(31)22-16-19-4-2-3-5-21(19)26-22/h2-9,16,26H,10-15H2,1H3,(H,25,30). The Morgan fingerprint density at radius 3 is 2.35 bits per heavy atom. The third kappa shape index (κ3) is 5.00. The van der Waals surface area contributed by atoms with E-state index in [1.165, 1.54) is 6.92 Å². The van der Waals surface area contributed by atoms with Crippen molar-refractivity contribution in [3.8, 4) is 0 Å². The number of fused-ring (bicyclic) bond motifs is 1. The fraction of sp³-hybridized carbons (Fsp3) is 0.292. The molecule has 0 unspecified atom stereocenters. The highest BCUT2D eigenvalue weighted by molar-refractivity contribution is 5.98. The molecule has 2 heterocycles. The van der Waals surface area contributed by atoms with Gasteiger partial charge in [-0.3, -0.25) is 19.3 Å². The van der Waals surface area contributed by atoms with Crippen molar-refractivity contribution in [2.45, 2.75) is 13.3 Å². The fourth-order valence-electron chi connectivity index (χ4n) is 3.80. The van der Waals surface area contributed by atoms with Gasteiger partial charge in [0.05, 0.1) is 0 Å². The van der Waals surface area contributed by atoms with E-state index in [0.29, 0.717) is 43.0 Å². The highest BCUT2D eigenvalue weighted by Gasteiger charge is 2.23. The van der Waals surface area contributed by atoms with Crippen LogP contribution in [0.4, 0.5) is 5.69 Å². The van der Waals surface area contributed by atoms with Crippen molar-refractivity contribution in [3.63, 3.8) is 0 Å². The average Bonchev–Trinajstić information content (AvgIpc) is 3.22. The van der Waals surface area contributed by atoms with E-state index in [-0.39, 0.29) is 17.6 Å².